The Hall–Kier alpha value is -0.130. The van der Waals surface area contributed by atoms with Crippen molar-refractivity contribution in [3.05, 3.63) is 0 Å². The average molecular weight is 262 g/mol. The summed E-state index contributed by atoms with van der Waals surface area (Å²) in [5, 5.41) is 9.63. The Morgan fingerprint density at radius 2 is 1.88 bits per heavy atom. The Morgan fingerprint density at radius 3 is 2.53 bits per heavy atom. The van der Waals surface area contributed by atoms with Crippen LogP contribution in [0.2, 0.25) is 0 Å². The van der Waals surface area contributed by atoms with Crippen molar-refractivity contribution in [3.8, 4) is 0 Å². The number of ether oxygens (including phenoxy) is 1. The SMILES string of the molecule is O=S1(=O)CCCCC1C(O)CC1CCOCC1. The number of aliphatic hydroxyl groups is 1. The highest BCUT2D eigenvalue weighted by atomic mass is 32.2. The first kappa shape index (κ1) is 13.3. The largest absolute Gasteiger partial charge is 0.392 e. The average Bonchev–Trinajstić information content (AvgIpc) is 2.29. The van der Waals surface area contributed by atoms with E-state index in [-0.39, 0.29) is 5.75 Å². The molecule has 0 radical (unpaired) electrons. The highest BCUT2D eigenvalue weighted by Gasteiger charge is 2.35. The van der Waals surface area contributed by atoms with Crippen molar-refractivity contribution in [1.29, 1.82) is 0 Å². The Kier molecular flexibility index (Phi) is 4.44. The first-order valence-corrected chi connectivity index (χ1v) is 8.28. The van der Waals surface area contributed by atoms with E-state index in [1.165, 1.54) is 0 Å². The summed E-state index contributed by atoms with van der Waals surface area (Å²) in [5.74, 6) is 0.679. The molecule has 5 heteroatoms. The van der Waals surface area contributed by atoms with E-state index in [0.29, 0.717) is 18.8 Å². The molecule has 100 valence electrons. The fourth-order valence-electron chi connectivity index (χ4n) is 2.89. The Labute approximate surface area is 103 Å². The molecule has 0 aliphatic carbocycles. The summed E-state index contributed by atoms with van der Waals surface area (Å²) in [4.78, 5) is 0. The summed E-state index contributed by atoms with van der Waals surface area (Å²) >= 11 is 0. The second kappa shape index (κ2) is 5.67. The van der Waals surface area contributed by atoms with Gasteiger partial charge in [0.25, 0.3) is 0 Å². The lowest BCUT2D eigenvalue weighted by atomic mass is 9.91. The highest BCUT2D eigenvalue weighted by Crippen LogP contribution is 2.28. The predicted molar refractivity (Wildman–Crippen MR) is 65.6 cm³/mol. The minimum atomic E-state index is -3.05. The Balaban J connectivity index is 1.91. The van der Waals surface area contributed by atoms with Crippen LogP contribution < -0.4 is 0 Å². The standard InChI is InChI=1S/C12H22O4S/c13-11(9-10-4-6-16-7-5-10)12-3-1-2-8-17(12,14)15/h10-13H,1-9H2. The number of sulfone groups is 1. The number of rotatable bonds is 3. The van der Waals surface area contributed by atoms with Crippen molar-refractivity contribution >= 4 is 9.84 Å². The topological polar surface area (TPSA) is 63.6 Å². The van der Waals surface area contributed by atoms with E-state index >= 15 is 0 Å². The van der Waals surface area contributed by atoms with E-state index < -0.39 is 21.2 Å². The van der Waals surface area contributed by atoms with Crippen molar-refractivity contribution < 1.29 is 18.3 Å². The highest BCUT2D eigenvalue weighted by molar-refractivity contribution is 7.92. The number of aliphatic hydroxyl groups excluding tert-OH is 1. The van der Waals surface area contributed by atoms with Crippen LogP contribution in [0.3, 0.4) is 0 Å². The first-order chi connectivity index (χ1) is 8.09. The van der Waals surface area contributed by atoms with E-state index in [2.05, 4.69) is 0 Å². The first-order valence-electron chi connectivity index (χ1n) is 6.57. The smallest absolute Gasteiger partial charge is 0.155 e. The molecular weight excluding hydrogens is 240 g/mol. The molecule has 2 aliphatic heterocycles. The molecule has 0 aromatic carbocycles. The number of hydrogen-bond donors (Lipinski definition) is 1. The monoisotopic (exact) mass is 262 g/mol. The lowest BCUT2D eigenvalue weighted by Crippen LogP contribution is -2.40. The molecule has 0 saturated carbocycles. The molecule has 2 rings (SSSR count). The molecule has 0 aromatic heterocycles. The van der Waals surface area contributed by atoms with Crippen molar-refractivity contribution in [2.24, 2.45) is 5.92 Å². The van der Waals surface area contributed by atoms with E-state index in [4.69, 9.17) is 4.74 Å². The second-order valence-electron chi connectivity index (χ2n) is 5.26. The molecule has 2 aliphatic rings. The maximum absolute atomic E-state index is 11.9. The quantitative estimate of drug-likeness (QED) is 0.828. The van der Waals surface area contributed by atoms with Gasteiger partial charge in [0.1, 0.15) is 0 Å². The van der Waals surface area contributed by atoms with E-state index in [9.17, 15) is 13.5 Å². The van der Waals surface area contributed by atoms with Gasteiger partial charge in [0.2, 0.25) is 0 Å². The molecule has 0 aromatic rings. The third kappa shape index (κ3) is 3.42. The fraction of sp³-hybridized carbons (Fsp3) is 1.00. The van der Waals surface area contributed by atoms with Gasteiger partial charge in [0, 0.05) is 13.2 Å². The van der Waals surface area contributed by atoms with Gasteiger partial charge in [-0.1, -0.05) is 6.42 Å². The van der Waals surface area contributed by atoms with Gasteiger partial charge >= 0.3 is 0 Å². The van der Waals surface area contributed by atoms with Crippen molar-refractivity contribution in [1.82, 2.24) is 0 Å². The predicted octanol–water partition coefficient (Wildman–Crippen LogP) is 1.13. The van der Waals surface area contributed by atoms with Crippen molar-refractivity contribution in [3.63, 3.8) is 0 Å². The summed E-state index contributed by atoms with van der Waals surface area (Å²) in [7, 11) is -3.05. The molecule has 17 heavy (non-hydrogen) atoms. The summed E-state index contributed by atoms with van der Waals surface area (Å²) in [6.07, 6.45) is 4.15. The van der Waals surface area contributed by atoms with Crippen LogP contribution in [0.1, 0.15) is 38.5 Å². The van der Waals surface area contributed by atoms with Crippen LogP contribution in [-0.4, -0.2) is 43.8 Å². The van der Waals surface area contributed by atoms with Gasteiger partial charge in [-0.05, 0) is 38.0 Å². The molecule has 2 fully saturated rings. The summed E-state index contributed by atoms with van der Waals surface area (Å²) < 4.78 is 29.0. The van der Waals surface area contributed by atoms with Gasteiger partial charge in [0.15, 0.2) is 9.84 Å². The molecule has 2 unspecified atom stereocenters. The molecule has 2 atom stereocenters. The van der Waals surface area contributed by atoms with Crippen LogP contribution in [0.5, 0.6) is 0 Å². The lowest BCUT2D eigenvalue weighted by molar-refractivity contribution is 0.0421. The minimum absolute atomic E-state index is 0.252. The van der Waals surface area contributed by atoms with Gasteiger partial charge in [-0.2, -0.15) is 0 Å². The lowest BCUT2D eigenvalue weighted by Gasteiger charge is -2.30. The zero-order valence-electron chi connectivity index (χ0n) is 10.2. The summed E-state index contributed by atoms with van der Waals surface area (Å²) in [5.41, 5.74) is 0. The van der Waals surface area contributed by atoms with E-state index in [1.54, 1.807) is 0 Å². The molecular formula is C12H22O4S. The molecule has 2 heterocycles. The second-order valence-corrected chi connectivity index (χ2v) is 7.60. The third-order valence-electron chi connectivity index (χ3n) is 3.97. The Bertz CT molecular complexity index is 332. The van der Waals surface area contributed by atoms with Crippen LogP contribution >= 0.6 is 0 Å². The Morgan fingerprint density at radius 1 is 1.18 bits per heavy atom. The summed E-state index contributed by atoms with van der Waals surface area (Å²) in [6.45, 7) is 1.49. The minimum Gasteiger partial charge on any atom is -0.392 e. The van der Waals surface area contributed by atoms with Crippen LogP contribution in [0.25, 0.3) is 0 Å². The van der Waals surface area contributed by atoms with Crippen LogP contribution in [0.15, 0.2) is 0 Å². The normalized spacial score (nSPS) is 32.2. The van der Waals surface area contributed by atoms with Crippen LogP contribution in [0, 0.1) is 5.92 Å². The van der Waals surface area contributed by atoms with E-state index in [0.717, 1.165) is 38.9 Å². The summed E-state index contributed by atoms with van der Waals surface area (Å²) in [6, 6.07) is 0. The van der Waals surface area contributed by atoms with Gasteiger partial charge in [0.05, 0.1) is 17.1 Å². The van der Waals surface area contributed by atoms with Gasteiger partial charge in [-0.25, -0.2) is 8.42 Å². The molecule has 0 amide bonds. The molecule has 4 nitrogen and oxygen atoms in total. The van der Waals surface area contributed by atoms with Gasteiger partial charge in [-0.3, -0.25) is 0 Å². The fourth-order valence-corrected chi connectivity index (χ4v) is 4.91. The maximum Gasteiger partial charge on any atom is 0.155 e. The van der Waals surface area contributed by atoms with Crippen LogP contribution in [-0.2, 0) is 14.6 Å². The maximum atomic E-state index is 11.9. The van der Waals surface area contributed by atoms with Gasteiger partial charge < -0.3 is 9.84 Å². The van der Waals surface area contributed by atoms with E-state index in [1.807, 2.05) is 0 Å². The zero-order chi connectivity index (χ0) is 12.3. The van der Waals surface area contributed by atoms with Crippen molar-refractivity contribution in [2.75, 3.05) is 19.0 Å². The zero-order valence-corrected chi connectivity index (χ0v) is 11.0. The van der Waals surface area contributed by atoms with Crippen molar-refractivity contribution in [2.45, 2.75) is 49.9 Å². The molecule has 0 bridgehead atoms. The van der Waals surface area contributed by atoms with Crippen LogP contribution in [0.4, 0.5) is 0 Å². The molecule has 1 N–H and O–H groups in total. The molecule has 2 saturated heterocycles. The number of hydrogen-bond acceptors (Lipinski definition) is 4. The van der Waals surface area contributed by atoms with Gasteiger partial charge in [-0.15, -0.1) is 0 Å². The molecule has 0 spiro atoms. The third-order valence-corrected chi connectivity index (χ3v) is 6.30.